The first-order valence-electron chi connectivity index (χ1n) is 10.1. The lowest BCUT2D eigenvalue weighted by Gasteiger charge is -2.20. The Morgan fingerprint density at radius 1 is 0.839 bits per heavy atom. The van der Waals surface area contributed by atoms with Crippen molar-refractivity contribution in [1.82, 2.24) is 0 Å². The summed E-state index contributed by atoms with van der Waals surface area (Å²) in [6.07, 6.45) is 6.04. The van der Waals surface area contributed by atoms with Crippen LogP contribution in [0.2, 0.25) is 0 Å². The third-order valence-corrected chi connectivity index (χ3v) is 4.94. The fraction of sp³-hybridized carbons (Fsp3) is 0.231. The standard InChI is InChI=1S/C26H26O5/c1-4-31-25(27)17-20-15-21(13-18-5-9-23(29-2)10-6-18)26(28)22(16-20)14-19-7-11-24(30-3)12-8-19/h5-14,17H,4,15-16H2,1-3H3/b21-13+,22-14+. The molecule has 0 atom stereocenters. The van der Waals surface area contributed by atoms with E-state index in [2.05, 4.69) is 0 Å². The van der Waals surface area contributed by atoms with E-state index in [4.69, 9.17) is 14.2 Å². The monoisotopic (exact) mass is 418 g/mol. The van der Waals surface area contributed by atoms with Gasteiger partial charge in [0.25, 0.3) is 0 Å². The molecule has 0 unspecified atom stereocenters. The third kappa shape index (κ3) is 5.95. The largest absolute Gasteiger partial charge is 0.497 e. The van der Waals surface area contributed by atoms with Gasteiger partial charge in [-0.3, -0.25) is 4.79 Å². The number of esters is 1. The van der Waals surface area contributed by atoms with Crippen molar-refractivity contribution >= 4 is 23.9 Å². The number of carbonyl (C=O) groups is 2. The second-order valence-corrected chi connectivity index (χ2v) is 7.12. The summed E-state index contributed by atoms with van der Waals surface area (Å²) in [4.78, 5) is 25.2. The number of Topliss-reactive ketones (excluding diaryl/α,β-unsaturated/α-hetero) is 1. The van der Waals surface area contributed by atoms with Crippen LogP contribution < -0.4 is 9.47 Å². The van der Waals surface area contributed by atoms with Crippen LogP contribution in [-0.4, -0.2) is 32.6 Å². The van der Waals surface area contributed by atoms with Crippen LogP contribution >= 0.6 is 0 Å². The molecule has 1 saturated carbocycles. The predicted molar refractivity (Wildman–Crippen MR) is 121 cm³/mol. The van der Waals surface area contributed by atoms with Gasteiger partial charge in [0.15, 0.2) is 5.78 Å². The maximum Gasteiger partial charge on any atom is 0.330 e. The minimum Gasteiger partial charge on any atom is -0.497 e. The van der Waals surface area contributed by atoms with Crippen molar-refractivity contribution in [2.45, 2.75) is 19.8 Å². The number of rotatable bonds is 6. The van der Waals surface area contributed by atoms with E-state index in [0.717, 1.165) is 28.2 Å². The molecule has 0 aliphatic heterocycles. The van der Waals surface area contributed by atoms with Crippen molar-refractivity contribution in [3.8, 4) is 11.5 Å². The molecule has 1 aliphatic carbocycles. The Balaban J connectivity index is 1.96. The molecule has 0 saturated heterocycles. The number of methoxy groups -OCH3 is 2. The van der Waals surface area contributed by atoms with Crippen LogP contribution in [0.3, 0.4) is 0 Å². The summed E-state index contributed by atoms with van der Waals surface area (Å²) in [5.74, 6) is 1.09. The highest BCUT2D eigenvalue weighted by atomic mass is 16.5. The van der Waals surface area contributed by atoms with E-state index in [-0.39, 0.29) is 11.8 Å². The number of hydrogen-bond donors (Lipinski definition) is 0. The molecule has 5 heteroatoms. The molecule has 0 radical (unpaired) electrons. The first kappa shape index (κ1) is 22.1. The average Bonchev–Trinajstić information content (AvgIpc) is 2.78. The van der Waals surface area contributed by atoms with Crippen molar-refractivity contribution in [1.29, 1.82) is 0 Å². The van der Waals surface area contributed by atoms with E-state index in [0.29, 0.717) is 30.6 Å². The number of hydrogen-bond acceptors (Lipinski definition) is 5. The van der Waals surface area contributed by atoms with Gasteiger partial charge in [-0.25, -0.2) is 4.79 Å². The van der Waals surface area contributed by atoms with Gasteiger partial charge in [-0.15, -0.1) is 0 Å². The van der Waals surface area contributed by atoms with Gasteiger partial charge in [0, 0.05) is 17.2 Å². The molecule has 0 amide bonds. The van der Waals surface area contributed by atoms with Crippen LogP contribution in [0, 0.1) is 0 Å². The molecule has 1 fully saturated rings. The van der Waals surface area contributed by atoms with Gasteiger partial charge in [-0.2, -0.15) is 0 Å². The summed E-state index contributed by atoms with van der Waals surface area (Å²) in [5, 5.41) is 0. The summed E-state index contributed by atoms with van der Waals surface area (Å²) in [5.41, 5.74) is 3.90. The molecule has 31 heavy (non-hydrogen) atoms. The van der Waals surface area contributed by atoms with Crippen LogP contribution in [0.25, 0.3) is 12.2 Å². The summed E-state index contributed by atoms with van der Waals surface area (Å²) >= 11 is 0. The molecule has 2 aromatic carbocycles. The lowest BCUT2D eigenvalue weighted by molar-refractivity contribution is -0.137. The molecule has 0 heterocycles. The van der Waals surface area contributed by atoms with Gasteiger partial charge < -0.3 is 14.2 Å². The zero-order valence-corrected chi connectivity index (χ0v) is 18.0. The van der Waals surface area contributed by atoms with Crippen molar-refractivity contribution in [3.63, 3.8) is 0 Å². The normalized spacial score (nSPS) is 16.4. The Hall–Kier alpha value is -3.60. The van der Waals surface area contributed by atoms with Gasteiger partial charge in [-0.1, -0.05) is 29.8 Å². The maximum atomic E-state index is 13.2. The van der Waals surface area contributed by atoms with Gasteiger partial charge in [0.1, 0.15) is 11.5 Å². The Morgan fingerprint density at radius 2 is 1.29 bits per heavy atom. The average molecular weight is 418 g/mol. The Labute approximate surface area is 182 Å². The third-order valence-electron chi connectivity index (χ3n) is 4.94. The van der Waals surface area contributed by atoms with Crippen LogP contribution in [0.15, 0.2) is 71.3 Å². The van der Waals surface area contributed by atoms with Crippen LogP contribution in [0.1, 0.15) is 30.9 Å². The number of allylic oxidation sites excluding steroid dienone is 3. The quantitative estimate of drug-likeness (QED) is 0.487. The molecule has 3 rings (SSSR count). The lowest BCUT2D eigenvalue weighted by Crippen LogP contribution is -2.15. The zero-order chi connectivity index (χ0) is 22.2. The molecule has 2 aromatic rings. The second-order valence-electron chi connectivity index (χ2n) is 7.12. The molecule has 0 N–H and O–H groups in total. The van der Waals surface area contributed by atoms with Gasteiger partial charge in [0.05, 0.1) is 20.8 Å². The molecule has 1 aliphatic rings. The van der Waals surface area contributed by atoms with Gasteiger partial charge >= 0.3 is 5.97 Å². The summed E-state index contributed by atoms with van der Waals surface area (Å²) in [6.45, 7) is 2.08. The number of carbonyl (C=O) groups excluding carboxylic acids is 2. The molecular formula is C26H26O5. The van der Waals surface area contributed by atoms with Crippen molar-refractivity contribution in [2.75, 3.05) is 20.8 Å². The van der Waals surface area contributed by atoms with E-state index in [1.54, 1.807) is 21.1 Å². The predicted octanol–water partition coefficient (Wildman–Crippen LogP) is 5.02. The SMILES string of the molecule is CCOC(=O)C=C1C/C(=C\c2ccc(OC)cc2)C(=O)/C(=C/c2ccc(OC)cc2)C1. The number of benzene rings is 2. The molecule has 0 bridgehead atoms. The summed E-state index contributed by atoms with van der Waals surface area (Å²) in [7, 11) is 3.22. The van der Waals surface area contributed by atoms with Crippen LogP contribution in [0.4, 0.5) is 0 Å². The van der Waals surface area contributed by atoms with Gasteiger partial charge in [-0.05, 0) is 67.3 Å². The minimum atomic E-state index is -0.389. The number of ketones is 1. The van der Waals surface area contributed by atoms with Crippen LogP contribution in [-0.2, 0) is 14.3 Å². The Kier molecular flexibility index (Phi) is 7.44. The highest BCUT2D eigenvalue weighted by Gasteiger charge is 2.24. The first-order valence-corrected chi connectivity index (χ1v) is 10.1. The van der Waals surface area contributed by atoms with Crippen molar-refractivity contribution < 1.29 is 23.8 Å². The lowest BCUT2D eigenvalue weighted by atomic mass is 9.83. The molecular weight excluding hydrogens is 392 g/mol. The van der Waals surface area contributed by atoms with Crippen molar-refractivity contribution in [2.24, 2.45) is 0 Å². The number of ether oxygens (including phenoxy) is 3. The first-order chi connectivity index (χ1) is 15.0. The minimum absolute atomic E-state index is 0.0207. The molecule has 5 nitrogen and oxygen atoms in total. The van der Waals surface area contributed by atoms with Gasteiger partial charge in [0.2, 0.25) is 0 Å². The van der Waals surface area contributed by atoms with Crippen LogP contribution in [0.5, 0.6) is 11.5 Å². The van der Waals surface area contributed by atoms with E-state index < -0.39 is 0 Å². The Morgan fingerprint density at radius 3 is 1.68 bits per heavy atom. The van der Waals surface area contributed by atoms with Crippen molar-refractivity contribution in [3.05, 3.63) is 82.5 Å². The maximum absolute atomic E-state index is 13.2. The summed E-state index contributed by atoms with van der Waals surface area (Å²) in [6, 6.07) is 15.0. The Bertz CT molecular complexity index is 953. The fourth-order valence-corrected chi connectivity index (χ4v) is 3.41. The van der Waals surface area contributed by atoms with E-state index in [1.807, 2.05) is 60.7 Å². The summed E-state index contributed by atoms with van der Waals surface area (Å²) < 4.78 is 15.5. The molecule has 160 valence electrons. The smallest absolute Gasteiger partial charge is 0.330 e. The highest BCUT2D eigenvalue weighted by molar-refractivity contribution is 6.15. The topological polar surface area (TPSA) is 61.8 Å². The molecule has 0 aromatic heterocycles. The van der Waals surface area contributed by atoms with E-state index in [9.17, 15) is 9.59 Å². The molecule has 0 spiro atoms. The highest BCUT2D eigenvalue weighted by Crippen LogP contribution is 2.32. The second kappa shape index (κ2) is 10.4. The zero-order valence-electron chi connectivity index (χ0n) is 18.0. The van der Waals surface area contributed by atoms with E-state index in [1.165, 1.54) is 6.08 Å². The van der Waals surface area contributed by atoms with E-state index >= 15 is 0 Å². The fourth-order valence-electron chi connectivity index (χ4n) is 3.41.